The van der Waals surface area contributed by atoms with Crippen LogP contribution in [0.2, 0.25) is 0 Å². The second-order valence-corrected chi connectivity index (χ2v) is 3.37. The molecule has 1 rings (SSSR count). The van der Waals surface area contributed by atoms with Gasteiger partial charge in [-0.25, -0.2) is 4.39 Å². The van der Waals surface area contributed by atoms with E-state index in [1.807, 2.05) is 0 Å². The van der Waals surface area contributed by atoms with Gasteiger partial charge in [-0.2, -0.15) is 0 Å². The van der Waals surface area contributed by atoms with Crippen molar-refractivity contribution in [3.63, 3.8) is 0 Å². The van der Waals surface area contributed by atoms with Crippen molar-refractivity contribution in [3.05, 3.63) is 30.1 Å². The molecule has 0 aliphatic rings. The molecule has 0 saturated heterocycles. The van der Waals surface area contributed by atoms with Gasteiger partial charge >= 0.3 is 0 Å². The summed E-state index contributed by atoms with van der Waals surface area (Å²) in [5, 5.41) is 0. The van der Waals surface area contributed by atoms with Gasteiger partial charge in [0, 0.05) is 17.1 Å². The van der Waals surface area contributed by atoms with Crippen molar-refractivity contribution >= 4 is 18.0 Å². The van der Waals surface area contributed by atoms with Gasteiger partial charge in [0.1, 0.15) is 12.1 Å². The number of hydrogen-bond donors (Lipinski definition) is 0. The molecule has 1 aromatic rings. The van der Waals surface area contributed by atoms with E-state index in [0.717, 1.165) is 6.29 Å². The Kier molecular flexibility index (Phi) is 3.80. The molecule has 0 fully saturated rings. The number of carbonyl (C=O) groups excluding carboxylic acids is 1. The molecule has 64 valence electrons. The van der Waals surface area contributed by atoms with Crippen molar-refractivity contribution < 1.29 is 9.18 Å². The molecule has 0 amide bonds. The molecule has 3 heteroatoms. The van der Waals surface area contributed by atoms with E-state index in [9.17, 15) is 9.18 Å². The van der Waals surface area contributed by atoms with E-state index in [2.05, 4.69) is 0 Å². The van der Waals surface area contributed by atoms with Gasteiger partial charge in [-0.1, -0.05) is 12.1 Å². The Morgan fingerprint density at radius 3 is 2.83 bits per heavy atom. The van der Waals surface area contributed by atoms with Gasteiger partial charge in [0.15, 0.2) is 0 Å². The minimum absolute atomic E-state index is 0.214. The third kappa shape index (κ3) is 2.66. The van der Waals surface area contributed by atoms with E-state index >= 15 is 0 Å². The summed E-state index contributed by atoms with van der Waals surface area (Å²) in [4.78, 5) is 10.6. The van der Waals surface area contributed by atoms with Crippen molar-refractivity contribution in [1.29, 1.82) is 0 Å². The second-order valence-electron chi connectivity index (χ2n) is 2.23. The molecule has 0 radical (unpaired) electrons. The van der Waals surface area contributed by atoms with Crippen LogP contribution in [0.1, 0.15) is 6.42 Å². The Bertz CT molecular complexity index is 262. The van der Waals surface area contributed by atoms with Gasteiger partial charge in [-0.3, -0.25) is 0 Å². The molecular formula is C9H9FOS. The SMILES string of the molecule is O=CCCSc1ccccc1F. The molecule has 1 nitrogen and oxygen atoms in total. The van der Waals surface area contributed by atoms with E-state index in [0.29, 0.717) is 17.1 Å². The summed E-state index contributed by atoms with van der Waals surface area (Å²) >= 11 is 1.37. The highest BCUT2D eigenvalue weighted by atomic mass is 32.2. The molecule has 0 aromatic heterocycles. The third-order valence-electron chi connectivity index (χ3n) is 1.33. The van der Waals surface area contributed by atoms with Crippen LogP contribution in [0.5, 0.6) is 0 Å². The Labute approximate surface area is 75.0 Å². The monoisotopic (exact) mass is 184 g/mol. The fraction of sp³-hybridized carbons (Fsp3) is 0.222. The van der Waals surface area contributed by atoms with Gasteiger partial charge in [0.25, 0.3) is 0 Å². The van der Waals surface area contributed by atoms with Crippen LogP contribution in [0.3, 0.4) is 0 Å². The fourth-order valence-electron chi connectivity index (χ4n) is 0.779. The first-order valence-corrected chi connectivity index (χ1v) is 4.64. The molecule has 0 spiro atoms. The summed E-state index contributed by atoms with van der Waals surface area (Å²) in [7, 11) is 0. The van der Waals surface area contributed by atoms with Crippen LogP contribution in [-0.2, 0) is 4.79 Å². The predicted molar refractivity (Wildman–Crippen MR) is 47.8 cm³/mol. The molecule has 1 aromatic carbocycles. The van der Waals surface area contributed by atoms with Crippen LogP contribution >= 0.6 is 11.8 Å². The highest BCUT2D eigenvalue weighted by Crippen LogP contribution is 2.21. The summed E-state index contributed by atoms with van der Waals surface area (Å²) in [6.07, 6.45) is 1.31. The van der Waals surface area contributed by atoms with Gasteiger partial charge in [-0.15, -0.1) is 11.8 Å². The first-order valence-electron chi connectivity index (χ1n) is 3.65. The van der Waals surface area contributed by atoms with Gasteiger partial charge < -0.3 is 4.79 Å². The summed E-state index contributed by atoms with van der Waals surface area (Å²) in [5.74, 6) is 0.429. The lowest BCUT2D eigenvalue weighted by molar-refractivity contribution is -0.107. The van der Waals surface area contributed by atoms with Gasteiger partial charge in [0.05, 0.1) is 0 Å². The van der Waals surface area contributed by atoms with Crippen molar-refractivity contribution in [2.45, 2.75) is 11.3 Å². The van der Waals surface area contributed by atoms with E-state index < -0.39 is 0 Å². The first-order chi connectivity index (χ1) is 5.84. The minimum atomic E-state index is -0.214. The topological polar surface area (TPSA) is 17.1 Å². The normalized spacial score (nSPS) is 9.75. The van der Waals surface area contributed by atoms with E-state index in [4.69, 9.17) is 0 Å². The zero-order valence-electron chi connectivity index (χ0n) is 6.50. The summed E-state index contributed by atoms with van der Waals surface area (Å²) < 4.78 is 12.9. The second kappa shape index (κ2) is 4.93. The Morgan fingerprint density at radius 1 is 1.42 bits per heavy atom. The standard InChI is InChI=1S/C9H9FOS/c10-8-4-1-2-5-9(8)12-7-3-6-11/h1-2,4-6H,3,7H2. The molecule has 0 unspecified atom stereocenters. The fourth-order valence-corrected chi connectivity index (χ4v) is 1.59. The zero-order valence-corrected chi connectivity index (χ0v) is 7.31. The molecule has 0 bridgehead atoms. The molecule has 12 heavy (non-hydrogen) atoms. The highest BCUT2D eigenvalue weighted by Gasteiger charge is 1.99. The summed E-state index contributed by atoms with van der Waals surface area (Å²) in [6.45, 7) is 0. The third-order valence-corrected chi connectivity index (χ3v) is 2.41. The molecule has 0 saturated carbocycles. The van der Waals surface area contributed by atoms with E-state index in [1.54, 1.807) is 18.2 Å². The average Bonchev–Trinajstić information content (AvgIpc) is 2.09. The largest absolute Gasteiger partial charge is 0.303 e. The van der Waals surface area contributed by atoms with E-state index in [1.165, 1.54) is 17.8 Å². The lowest BCUT2D eigenvalue weighted by Gasteiger charge is -1.99. The number of rotatable bonds is 4. The highest BCUT2D eigenvalue weighted by molar-refractivity contribution is 7.99. The maximum absolute atomic E-state index is 12.9. The van der Waals surface area contributed by atoms with Crippen LogP contribution in [0.15, 0.2) is 29.2 Å². The lowest BCUT2D eigenvalue weighted by Crippen LogP contribution is -1.83. The minimum Gasteiger partial charge on any atom is -0.303 e. The van der Waals surface area contributed by atoms with Gasteiger partial charge in [0.2, 0.25) is 0 Å². The van der Waals surface area contributed by atoms with Crippen LogP contribution in [0.4, 0.5) is 4.39 Å². The maximum Gasteiger partial charge on any atom is 0.136 e. The smallest absolute Gasteiger partial charge is 0.136 e. The Balaban J connectivity index is 2.51. The van der Waals surface area contributed by atoms with Crippen molar-refractivity contribution in [2.24, 2.45) is 0 Å². The average molecular weight is 184 g/mol. The maximum atomic E-state index is 12.9. The number of aldehydes is 1. The van der Waals surface area contributed by atoms with Gasteiger partial charge in [-0.05, 0) is 12.1 Å². The van der Waals surface area contributed by atoms with Crippen molar-refractivity contribution in [1.82, 2.24) is 0 Å². The number of benzene rings is 1. The molecule has 0 heterocycles. The Hall–Kier alpha value is -0.830. The molecule has 0 aliphatic heterocycles. The lowest BCUT2D eigenvalue weighted by atomic mass is 10.3. The molecule has 0 N–H and O–H groups in total. The number of thioether (sulfide) groups is 1. The summed E-state index contributed by atoms with van der Waals surface area (Å²) in [5.41, 5.74) is 0. The zero-order chi connectivity index (χ0) is 8.81. The van der Waals surface area contributed by atoms with Crippen LogP contribution in [-0.4, -0.2) is 12.0 Å². The molecular weight excluding hydrogens is 175 g/mol. The Morgan fingerprint density at radius 2 is 2.17 bits per heavy atom. The summed E-state index contributed by atoms with van der Waals surface area (Å²) in [6, 6.07) is 6.57. The van der Waals surface area contributed by atoms with Crippen LogP contribution in [0.25, 0.3) is 0 Å². The van der Waals surface area contributed by atoms with Crippen molar-refractivity contribution in [3.8, 4) is 0 Å². The van der Waals surface area contributed by atoms with E-state index in [-0.39, 0.29) is 5.82 Å². The van der Waals surface area contributed by atoms with Crippen molar-refractivity contribution in [2.75, 3.05) is 5.75 Å². The van der Waals surface area contributed by atoms with Crippen LogP contribution < -0.4 is 0 Å². The molecule has 0 aliphatic carbocycles. The first kappa shape index (κ1) is 9.26. The van der Waals surface area contributed by atoms with Crippen LogP contribution in [0, 0.1) is 5.82 Å². The predicted octanol–water partition coefficient (Wildman–Crippen LogP) is 2.51. The number of hydrogen-bond acceptors (Lipinski definition) is 2. The molecule has 0 atom stereocenters. The quantitative estimate of drug-likeness (QED) is 0.406. The number of halogens is 1. The number of carbonyl (C=O) groups is 1.